The number of nitrogens with one attached hydrogen (secondary N) is 2. The second kappa shape index (κ2) is 9.68. The van der Waals surface area contributed by atoms with E-state index in [0.29, 0.717) is 5.75 Å². The summed E-state index contributed by atoms with van der Waals surface area (Å²) in [5, 5.41) is 0. The average molecular weight is 373 g/mol. The van der Waals surface area contributed by atoms with Crippen LogP contribution in [0.15, 0.2) is 85.2 Å². The number of hydrogen-bond acceptors (Lipinski definition) is 4. The van der Waals surface area contributed by atoms with Gasteiger partial charge in [-0.2, -0.15) is 0 Å². The SMILES string of the molecule is O=C(/C=C/c1ccncc1)NNC(=O)COc1ccccc1-c1ccccc1. The van der Waals surface area contributed by atoms with E-state index in [4.69, 9.17) is 4.74 Å². The maximum absolute atomic E-state index is 12.0. The third-order valence-corrected chi connectivity index (χ3v) is 3.79. The van der Waals surface area contributed by atoms with Gasteiger partial charge in [0.15, 0.2) is 6.61 Å². The van der Waals surface area contributed by atoms with Gasteiger partial charge in [-0.25, -0.2) is 0 Å². The molecule has 0 bridgehead atoms. The Morgan fingerprint density at radius 1 is 0.893 bits per heavy atom. The van der Waals surface area contributed by atoms with Crippen LogP contribution in [0.5, 0.6) is 5.75 Å². The van der Waals surface area contributed by atoms with E-state index in [1.54, 1.807) is 36.7 Å². The molecule has 0 saturated carbocycles. The molecule has 0 radical (unpaired) electrons. The normalized spacial score (nSPS) is 10.4. The van der Waals surface area contributed by atoms with E-state index in [-0.39, 0.29) is 6.61 Å². The lowest BCUT2D eigenvalue weighted by molar-refractivity contribution is -0.128. The standard InChI is InChI=1S/C22H19N3O3/c26-21(11-10-17-12-14-23-15-13-17)24-25-22(27)16-28-20-9-5-4-8-19(20)18-6-2-1-3-7-18/h1-15H,16H2,(H,24,26)(H,25,27)/b11-10+. The molecule has 2 N–H and O–H groups in total. The molecule has 2 aromatic carbocycles. The summed E-state index contributed by atoms with van der Waals surface area (Å²) in [5.74, 6) is -0.323. The number of pyridine rings is 1. The van der Waals surface area contributed by atoms with Gasteiger partial charge in [-0.1, -0.05) is 48.5 Å². The number of ether oxygens (including phenoxy) is 1. The Morgan fingerprint density at radius 3 is 2.39 bits per heavy atom. The van der Waals surface area contributed by atoms with Crippen molar-refractivity contribution in [3.05, 3.63) is 90.8 Å². The molecular weight excluding hydrogens is 354 g/mol. The third-order valence-electron chi connectivity index (χ3n) is 3.79. The fourth-order valence-corrected chi connectivity index (χ4v) is 2.45. The zero-order valence-electron chi connectivity index (χ0n) is 15.0. The maximum atomic E-state index is 12.0. The first-order valence-electron chi connectivity index (χ1n) is 8.66. The average Bonchev–Trinajstić information content (AvgIpc) is 2.76. The smallest absolute Gasteiger partial charge is 0.276 e. The van der Waals surface area contributed by atoms with Crippen LogP contribution in [0.3, 0.4) is 0 Å². The largest absolute Gasteiger partial charge is 0.483 e. The minimum absolute atomic E-state index is 0.224. The summed E-state index contributed by atoms with van der Waals surface area (Å²) in [7, 11) is 0. The van der Waals surface area contributed by atoms with Gasteiger partial charge in [0.05, 0.1) is 0 Å². The Hall–Kier alpha value is -3.93. The third kappa shape index (κ3) is 5.54. The molecule has 0 aliphatic rings. The number of aromatic nitrogens is 1. The van der Waals surface area contributed by atoms with Crippen molar-refractivity contribution in [3.8, 4) is 16.9 Å². The number of carbonyl (C=O) groups excluding carboxylic acids is 2. The van der Waals surface area contributed by atoms with Crippen molar-refractivity contribution in [2.24, 2.45) is 0 Å². The van der Waals surface area contributed by atoms with Crippen molar-refractivity contribution in [2.75, 3.05) is 6.61 Å². The number of para-hydroxylation sites is 1. The van der Waals surface area contributed by atoms with Crippen molar-refractivity contribution in [3.63, 3.8) is 0 Å². The van der Waals surface area contributed by atoms with Crippen LogP contribution in [0.25, 0.3) is 17.2 Å². The molecule has 0 unspecified atom stereocenters. The molecule has 140 valence electrons. The fraction of sp³-hybridized carbons (Fsp3) is 0.0455. The first-order chi connectivity index (χ1) is 13.7. The van der Waals surface area contributed by atoms with E-state index >= 15 is 0 Å². The molecule has 6 nitrogen and oxygen atoms in total. The molecule has 0 aliphatic heterocycles. The van der Waals surface area contributed by atoms with Gasteiger partial charge in [0.2, 0.25) is 0 Å². The monoisotopic (exact) mass is 373 g/mol. The van der Waals surface area contributed by atoms with Crippen LogP contribution in [0.1, 0.15) is 5.56 Å². The minimum atomic E-state index is -0.464. The fourth-order valence-electron chi connectivity index (χ4n) is 2.45. The molecule has 0 spiro atoms. The van der Waals surface area contributed by atoms with Gasteiger partial charge in [0.25, 0.3) is 11.8 Å². The van der Waals surface area contributed by atoms with E-state index < -0.39 is 11.8 Å². The van der Waals surface area contributed by atoms with Crippen LogP contribution in [-0.2, 0) is 9.59 Å². The van der Waals surface area contributed by atoms with Gasteiger partial charge in [-0.3, -0.25) is 25.4 Å². The topological polar surface area (TPSA) is 80.3 Å². The van der Waals surface area contributed by atoms with Crippen LogP contribution >= 0.6 is 0 Å². The van der Waals surface area contributed by atoms with E-state index in [2.05, 4.69) is 15.8 Å². The predicted octanol–water partition coefficient (Wildman–Crippen LogP) is 2.99. The second-order valence-corrected chi connectivity index (χ2v) is 5.80. The number of rotatable bonds is 6. The van der Waals surface area contributed by atoms with Crippen molar-refractivity contribution in [1.82, 2.24) is 15.8 Å². The van der Waals surface area contributed by atoms with Gasteiger partial charge in [-0.05, 0) is 35.4 Å². The summed E-state index contributed by atoms with van der Waals surface area (Å²) >= 11 is 0. The summed E-state index contributed by atoms with van der Waals surface area (Å²) in [4.78, 5) is 27.6. The lowest BCUT2D eigenvalue weighted by Crippen LogP contribution is -2.43. The minimum Gasteiger partial charge on any atom is -0.483 e. The van der Waals surface area contributed by atoms with Crippen LogP contribution in [0, 0.1) is 0 Å². The molecule has 0 atom stereocenters. The molecule has 0 fully saturated rings. The number of amides is 2. The summed E-state index contributed by atoms with van der Waals surface area (Å²) in [6, 6.07) is 20.7. The molecule has 1 aromatic heterocycles. The Bertz CT molecular complexity index is 957. The number of nitrogens with zero attached hydrogens (tertiary/aromatic N) is 1. The van der Waals surface area contributed by atoms with E-state index in [1.165, 1.54) is 6.08 Å². The van der Waals surface area contributed by atoms with Crippen LogP contribution in [-0.4, -0.2) is 23.4 Å². The number of hydrazine groups is 1. The molecule has 28 heavy (non-hydrogen) atoms. The van der Waals surface area contributed by atoms with Gasteiger partial charge in [0.1, 0.15) is 5.75 Å². The zero-order valence-corrected chi connectivity index (χ0v) is 15.0. The highest BCUT2D eigenvalue weighted by molar-refractivity contribution is 5.93. The van der Waals surface area contributed by atoms with E-state index in [9.17, 15) is 9.59 Å². The van der Waals surface area contributed by atoms with E-state index in [0.717, 1.165) is 16.7 Å². The van der Waals surface area contributed by atoms with Crippen LogP contribution < -0.4 is 15.6 Å². The maximum Gasteiger partial charge on any atom is 0.276 e. The molecule has 0 saturated heterocycles. The van der Waals surface area contributed by atoms with Gasteiger partial charge >= 0.3 is 0 Å². The molecule has 2 amide bonds. The van der Waals surface area contributed by atoms with Crippen molar-refractivity contribution >= 4 is 17.9 Å². The van der Waals surface area contributed by atoms with E-state index in [1.807, 2.05) is 48.5 Å². The number of carbonyl (C=O) groups is 2. The summed E-state index contributed by atoms with van der Waals surface area (Å²) < 4.78 is 5.63. The number of benzene rings is 2. The summed E-state index contributed by atoms with van der Waals surface area (Å²) in [5.41, 5.74) is 7.35. The highest BCUT2D eigenvalue weighted by Gasteiger charge is 2.08. The first kappa shape index (κ1) is 18.8. The Labute approximate surface area is 162 Å². The molecule has 6 heteroatoms. The van der Waals surface area contributed by atoms with Crippen LogP contribution in [0.2, 0.25) is 0 Å². The Morgan fingerprint density at radius 2 is 1.61 bits per heavy atom. The zero-order chi connectivity index (χ0) is 19.6. The number of hydrogen-bond donors (Lipinski definition) is 2. The van der Waals surface area contributed by atoms with Crippen molar-refractivity contribution < 1.29 is 14.3 Å². The van der Waals surface area contributed by atoms with Gasteiger partial charge < -0.3 is 4.74 Å². The first-order valence-corrected chi connectivity index (χ1v) is 8.66. The predicted molar refractivity (Wildman–Crippen MR) is 107 cm³/mol. The quantitative estimate of drug-likeness (QED) is 0.514. The molecule has 1 heterocycles. The van der Waals surface area contributed by atoms with Gasteiger partial charge in [-0.15, -0.1) is 0 Å². The lowest BCUT2D eigenvalue weighted by Gasteiger charge is -2.11. The molecule has 3 aromatic rings. The second-order valence-electron chi connectivity index (χ2n) is 5.80. The van der Waals surface area contributed by atoms with Crippen LogP contribution in [0.4, 0.5) is 0 Å². The summed E-state index contributed by atoms with van der Waals surface area (Å²) in [6.45, 7) is -0.224. The Balaban J connectivity index is 1.50. The Kier molecular flexibility index (Phi) is 6.52. The molecule has 3 rings (SSSR count). The van der Waals surface area contributed by atoms with Crippen molar-refractivity contribution in [1.29, 1.82) is 0 Å². The lowest BCUT2D eigenvalue weighted by atomic mass is 10.1. The van der Waals surface area contributed by atoms with Gasteiger partial charge in [0, 0.05) is 24.0 Å². The highest BCUT2D eigenvalue weighted by atomic mass is 16.5. The van der Waals surface area contributed by atoms with Crippen molar-refractivity contribution in [2.45, 2.75) is 0 Å². The molecule has 0 aliphatic carbocycles. The summed E-state index contributed by atoms with van der Waals surface area (Å²) in [6.07, 6.45) is 6.20. The molecular formula is C22H19N3O3. The highest BCUT2D eigenvalue weighted by Crippen LogP contribution is 2.29.